The topological polar surface area (TPSA) is 87.7 Å². The van der Waals surface area contributed by atoms with E-state index in [1.165, 1.54) is 24.3 Å². The minimum Gasteiger partial charge on any atom is -0.478 e. The van der Waals surface area contributed by atoms with Gasteiger partial charge in [0.05, 0.1) is 16.8 Å². The molecular formula is C20H16N2O4. The van der Waals surface area contributed by atoms with Crippen molar-refractivity contribution >= 4 is 23.3 Å². The van der Waals surface area contributed by atoms with Crippen LogP contribution < -0.4 is 15.6 Å². The fraction of sp³-hybridized carbons (Fsp3) is 0. The van der Waals surface area contributed by atoms with E-state index in [1.54, 1.807) is 36.4 Å². The Hall–Kier alpha value is -3.80. The Balaban J connectivity index is 1.72. The van der Waals surface area contributed by atoms with E-state index in [4.69, 9.17) is 9.94 Å². The van der Waals surface area contributed by atoms with E-state index in [0.29, 0.717) is 22.7 Å². The van der Waals surface area contributed by atoms with Crippen LogP contribution in [0.25, 0.3) is 0 Å². The number of carbonyl (C=O) groups is 2. The summed E-state index contributed by atoms with van der Waals surface area (Å²) >= 11 is 0. The van der Waals surface area contributed by atoms with Gasteiger partial charge in [-0.15, -0.1) is 0 Å². The van der Waals surface area contributed by atoms with E-state index in [-0.39, 0.29) is 11.5 Å². The Kier molecular flexibility index (Phi) is 5.14. The van der Waals surface area contributed by atoms with Crippen molar-refractivity contribution in [3.05, 3.63) is 90.0 Å². The molecular weight excluding hydrogens is 332 g/mol. The predicted molar refractivity (Wildman–Crippen MR) is 98.5 cm³/mol. The zero-order valence-electron chi connectivity index (χ0n) is 13.7. The molecule has 0 unspecified atom stereocenters. The van der Waals surface area contributed by atoms with Crippen molar-refractivity contribution in [3.63, 3.8) is 0 Å². The van der Waals surface area contributed by atoms with Crippen LogP contribution in [0.1, 0.15) is 20.7 Å². The lowest BCUT2D eigenvalue weighted by Gasteiger charge is -2.13. The number of anilines is 2. The number of carbonyl (C=O) groups excluding carboxylic acids is 1. The molecule has 3 rings (SSSR count). The SMILES string of the molecule is O=C(O)c1ccc(NC(=O)c2ccccc2NOc2ccccc2)cc1. The molecule has 0 radical (unpaired) electrons. The molecule has 3 N–H and O–H groups in total. The highest BCUT2D eigenvalue weighted by molar-refractivity contribution is 6.08. The van der Waals surface area contributed by atoms with E-state index in [1.807, 2.05) is 18.2 Å². The van der Waals surface area contributed by atoms with Crippen LogP contribution in [0.2, 0.25) is 0 Å². The van der Waals surface area contributed by atoms with Gasteiger partial charge in [-0.2, -0.15) is 0 Å². The van der Waals surface area contributed by atoms with Crippen LogP contribution in [0.4, 0.5) is 11.4 Å². The number of carboxylic acids is 1. The van der Waals surface area contributed by atoms with Crippen molar-refractivity contribution in [1.29, 1.82) is 0 Å². The minimum absolute atomic E-state index is 0.154. The highest BCUT2D eigenvalue weighted by atomic mass is 16.6. The summed E-state index contributed by atoms with van der Waals surface area (Å²) in [6.07, 6.45) is 0. The van der Waals surface area contributed by atoms with E-state index >= 15 is 0 Å². The summed E-state index contributed by atoms with van der Waals surface area (Å²) in [6.45, 7) is 0. The Morgan fingerprint density at radius 3 is 2.15 bits per heavy atom. The smallest absolute Gasteiger partial charge is 0.335 e. The lowest BCUT2D eigenvalue weighted by Crippen LogP contribution is -2.16. The highest BCUT2D eigenvalue weighted by Gasteiger charge is 2.12. The van der Waals surface area contributed by atoms with Gasteiger partial charge < -0.3 is 15.3 Å². The van der Waals surface area contributed by atoms with Gasteiger partial charge >= 0.3 is 5.97 Å². The zero-order chi connectivity index (χ0) is 18.4. The number of carboxylic acid groups (broad SMARTS) is 1. The van der Waals surface area contributed by atoms with Gasteiger partial charge in [-0.1, -0.05) is 30.3 Å². The van der Waals surface area contributed by atoms with E-state index < -0.39 is 5.97 Å². The summed E-state index contributed by atoms with van der Waals surface area (Å²) < 4.78 is 0. The van der Waals surface area contributed by atoms with Gasteiger partial charge in [0.1, 0.15) is 0 Å². The number of rotatable bonds is 6. The summed E-state index contributed by atoms with van der Waals surface area (Å²) in [5.41, 5.74) is 4.34. The highest BCUT2D eigenvalue weighted by Crippen LogP contribution is 2.19. The number of hydrogen-bond donors (Lipinski definition) is 3. The standard InChI is InChI=1S/C20H16N2O4/c23-19(21-15-12-10-14(11-13-15)20(24)25)17-8-4-5-9-18(17)22-26-16-6-2-1-3-7-16/h1-13,22H,(H,21,23)(H,24,25). The fourth-order valence-corrected chi connectivity index (χ4v) is 2.27. The van der Waals surface area contributed by atoms with Crippen LogP contribution in [0.5, 0.6) is 5.75 Å². The van der Waals surface area contributed by atoms with Gasteiger partial charge in [0.25, 0.3) is 5.91 Å². The molecule has 0 bridgehead atoms. The quantitative estimate of drug-likeness (QED) is 0.585. The number of nitrogens with one attached hydrogen (secondary N) is 2. The minimum atomic E-state index is -1.02. The summed E-state index contributed by atoms with van der Waals surface area (Å²) in [7, 11) is 0. The first-order valence-corrected chi connectivity index (χ1v) is 7.85. The van der Waals surface area contributed by atoms with Gasteiger partial charge in [0.2, 0.25) is 0 Å². The molecule has 0 aliphatic carbocycles. The second-order valence-corrected chi connectivity index (χ2v) is 5.40. The summed E-state index contributed by atoms with van der Waals surface area (Å²) in [4.78, 5) is 28.9. The first kappa shape index (κ1) is 17.0. The maximum Gasteiger partial charge on any atom is 0.335 e. The van der Waals surface area contributed by atoms with Crippen LogP contribution in [-0.2, 0) is 0 Å². The Bertz CT molecular complexity index is 909. The van der Waals surface area contributed by atoms with Crippen molar-refractivity contribution < 1.29 is 19.5 Å². The van der Waals surface area contributed by atoms with Gasteiger partial charge in [0.15, 0.2) is 5.75 Å². The lowest BCUT2D eigenvalue weighted by atomic mass is 10.1. The Morgan fingerprint density at radius 1 is 0.808 bits per heavy atom. The number of para-hydroxylation sites is 2. The van der Waals surface area contributed by atoms with Crippen LogP contribution in [0.15, 0.2) is 78.9 Å². The molecule has 0 atom stereocenters. The monoisotopic (exact) mass is 348 g/mol. The van der Waals surface area contributed by atoms with E-state index in [9.17, 15) is 9.59 Å². The average molecular weight is 348 g/mol. The Morgan fingerprint density at radius 2 is 1.46 bits per heavy atom. The molecule has 0 aliphatic rings. The summed E-state index contributed by atoms with van der Waals surface area (Å²) in [5, 5.41) is 11.7. The summed E-state index contributed by atoms with van der Waals surface area (Å²) in [6, 6.07) is 22.0. The third-order valence-corrected chi connectivity index (χ3v) is 3.58. The second-order valence-electron chi connectivity index (χ2n) is 5.40. The molecule has 0 heterocycles. The fourth-order valence-electron chi connectivity index (χ4n) is 2.27. The molecule has 0 aliphatic heterocycles. The number of hydrogen-bond acceptors (Lipinski definition) is 4. The molecule has 3 aromatic carbocycles. The first-order valence-electron chi connectivity index (χ1n) is 7.85. The first-order chi connectivity index (χ1) is 12.6. The van der Waals surface area contributed by atoms with Crippen molar-refractivity contribution in [2.75, 3.05) is 10.8 Å². The zero-order valence-corrected chi connectivity index (χ0v) is 13.7. The van der Waals surface area contributed by atoms with Crippen LogP contribution >= 0.6 is 0 Å². The van der Waals surface area contributed by atoms with Gasteiger partial charge in [-0.05, 0) is 48.5 Å². The van der Waals surface area contributed by atoms with Gasteiger partial charge in [-0.25, -0.2) is 10.3 Å². The maximum atomic E-state index is 12.5. The van der Waals surface area contributed by atoms with Crippen LogP contribution in [0, 0.1) is 0 Å². The predicted octanol–water partition coefficient (Wildman–Crippen LogP) is 4.04. The van der Waals surface area contributed by atoms with Gasteiger partial charge in [-0.3, -0.25) is 4.79 Å². The van der Waals surface area contributed by atoms with Crippen LogP contribution in [-0.4, -0.2) is 17.0 Å². The third kappa shape index (κ3) is 4.18. The second kappa shape index (κ2) is 7.85. The Labute approximate surface area is 150 Å². The van der Waals surface area contributed by atoms with Crippen molar-refractivity contribution in [1.82, 2.24) is 0 Å². The largest absolute Gasteiger partial charge is 0.478 e. The van der Waals surface area contributed by atoms with Crippen molar-refractivity contribution in [3.8, 4) is 5.75 Å². The number of amides is 1. The third-order valence-electron chi connectivity index (χ3n) is 3.58. The molecule has 0 saturated heterocycles. The molecule has 1 amide bonds. The summed E-state index contributed by atoms with van der Waals surface area (Å²) in [5.74, 6) is -0.740. The lowest BCUT2D eigenvalue weighted by molar-refractivity contribution is 0.0696. The molecule has 0 saturated carbocycles. The van der Waals surface area contributed by atoms with E-state index in [0.717, 1.165) is 0 Å². The molecule has 0 fully saturated rings. The molecule has 0 spiro atoms. The average Bonchev–Trinajstić information content (AvgIpc) is 2.68. The van der Waals surface area contributed by atoms with E-state index in [2.05, 4.69) is 10.8 Å². The maximum absolute atomic E-state index is 12.5. The number of benzene rings is 3. The molecule has 3 aromatic rings. The number of aromatic carboxylic acids is 1. The molecule has 0 aromatic heterocycles. The van der Waals surface area contributed by atoms with Crippen LogP contribution in [0.3, 0.4) is 0 Å². The molecule has 6 nitrogen and oxygen atoms in total. The van der Waals surface area contributed by atoms with Crippen molar-refractivity contribution in [2.24, 2.45) is 0 Å². The van der Waals surface area contributed by atoms with Gasteiger partial charge in [0, 0.05) is 5.69 Å². The normalized spacial score (nSPS) is 10.0. The molecule has 130 valence electrons. The molecule has 6 heteroatoms. The molecule has 26 heavy (non-hydrogen) atoms. The van der Waals surface area contributed by atoms with Crippen molar-refractivity contribution in [2.45, 2.75) is 0 Å².